The van der Waals surface area contributed by atoms with Crippen molar-refractivity contribution in [1.82, 2.24) is 10.6 Å². The first-order valence-corrected chi connectivity index (χ1v) is 6.70. The van der Waals surface area contributed by atoms with Gasteiger partial charge in [-0.3, -0.25) is 0 Å². The second kappa shape index (κ2) is 7.46. The molecule has 3 nitrogen and oxygen atoms in total. The summed E-state index contributed by atoms with van der Waals surface area (Å²) >= 11 is 0. The predicted molar refractivity (Wildman–Crippen MR) is 77.0 cm³/mol. The summed E-state index contributed by atoms with van der Waals surface area (Å²) in [5, 5.41) is 6.66. The van der Waals surface area contributed by atoms with Gasteiger partial charge < -0.3 is 15.4 Å². The maximum atomic E-state index is 13.6. The minimum absolute atomic E-state index is 0.155. The normalized spacial score (nSPS) is 11.6. The molecule has 0 amide bonds. The van der Waals surface area contributed by atoms with Gasteiger partial charge in [-0.2, -0.15) is 0 Å². The number of ether oxygens (including phenoxy) is 1. The molecule has 0 spiro atoms. The van der Waals surface area contributed by atoms with Crippen LogP contribution in [0.4, 0.5) is 4.39 Å². The molecular formula is C15H25FN2O. The molecule has 1 aromatic carbocycles. The lowest BCUT2D eigenvalue weighted by Crippen LogP contribution is -2.37. The number of methoxy groups -OCH3 is 1. The van der Waals surface area contributed by atoms with Crippen LogP contribution >= 0.6 is 0 Å². The molecule has 1 rings (SSSR count). The van der Waals surface area contributed by atoms with Crippen molar-refractivity contribution >= 4 is 0 Å². The summed E-state index contributed by atoms with van der Waals surface area (Å²) in [6, 6.07) is 4.95. The number of benzene rings is 1. The molecule has 0 unspecified atom stereocenters. The minimum Gasteiger partial charge on any atom is -0.497 e. The molecule has 0 aliphatic carbocycles. The van der Waals surface area contributed by atoms with E-state index in [1.165, 1.54) is 13.2 Å². The number of halogens is 1. The third-order valence-corrected chi connectivity index (χ3v) is 2.76. The summed E-state index contributed by atoms with van der Waals surface area (Å²) in [6.45, 7) is 8.81. The van der Waals surface area contributed by atoms with Crippen molar-refractivity contribution in [3.05, 3.63) is 29.6 Å². The van der Waals surface area contributed by atoms with Crippen LogP contribution in [-0.4, -0.2) is 25.7 Å². The van der Waals surface area contributed by atoms with Crippen LogP contribution in [0.1, 0.15) is 32.8 Å². The smallest absolute Gasteiger partial charge is 0.131 e. The Bertz CT molecular complexity index is 388. The highest BCUT2D eigenvalue weighted by molar-refractivity contribution is 5.28. The molecule has 4 heteroatoms. The van der Waals surface area contributed by atoms with E-state index in [1.807, 2.05) is 0 Å². The largest absolute Gasteiger partial charge is 0.497 e. The number of nitrogens with one attached hydrogen (secondary N) is 2. The van der Waals surface area contributed by atoms with Gasteiger partial charge in [0.25, 0.3) is 0 Å². The second-order valence-corrected chi connectivity index (χ2v) is 5.66. The highest BCUT2D eigenvalue weighted by Gasteiger charge is 2.07. The first-order valence-electron chi connectivity index (χ1n) is 6.70. The Kier molecular flexibility index (Phi) is 6.25. The molecule has 0 fully saturated rings. The zero-order valence-electron chi connectivity index (χ0n) is 12.3. The first kappa shape index (κ1) is 15.9. The molecule has 19 heavy (non-hydrogen) atoms. The average Bonchev–Trinajstić information content (AvgIpc) is 2.33. The molecule has 2 N–H and O–H groups in total. The quantitative estimate of drug-likeness (QED) is 0.746. The maximum Gasteiger partial charge on any atom is 0.131 e. The van der Waals surface area contributed by atoms with E-state index < -0.39 is 0 Å². The highest BCUT2D eigenvalue weighted by atomic mass is 19.1. The molecule has 0 saturated heterocycles. The van der Waals surface area contributed by atoms with E-state index in [1.54, 1.807) is 12.1 Å². The van der Waals surface area contributed by atoms with Gasteiger partial charge in [-0.15, -0.1) is 0 Å². The molecular weight excluding hydrogens is 243 g/mol. The van der Waals surface area contributed by atoms with E-state index in [0.29, 0.717) is 17.9 Å². The third kappa shape index (κ3) is 6.55. The van der Waals surface area contributed by atoms with Gasteiger partial charge in [0, 0.05) is 23.7 Å². The van der Waals surface area contributed by atoms with Gasteiger partial charge in [-0.05, 0) is 46.3 Å². The summed E-state index contributed by atoms with van der Waals surface area (Å²) in [5.74, 6) is 0.329. The van der Waals surface area contributed by atoms with Crippen LogP contribution in [0.15, 0.2) is 18.2 Å². The van der Waals surface area contributed by atoms with Crippen molar-refractivity contribution in [2.75, 3.05) is 20.2 Å². The van der Waals surface area contributed by atoms with Gasteiger partial charge in [-0.1, -0.05) is 6.07 Å². The van der Waals surface area contributed by atoms with Crippen molar-refractivity contribution < 1.29 is 9.13 Å². The zero-order valence-corrected chi connectivity index (χ0v) is 12.3. The third-order valence-electron chi connectivity index (χ3n) is 2.76. The second-order valence-electron chi connectivity index (χ2n) is 5.66. The van der Waals surface area contributed by atoms with Crippen molar-refractivity contribution in [3.8, 4) is 5.75 Å². The summed E-state index contributed by atoms with van der Waals surface area (Å²) in [6.07, 6.45) is 1.02. The van der Waals surface area contributed by atoms with Crippen LogP contribution in [-0.2, 0) is 6.54 Å². The summed E-state index contributed by atoms with van der Waals surface area (Å²) in [4.78, 5) is 0. The van der Waals surface area contributed by atoms with Crippen molar-refractivity contribution in [1.29, 1.82) is 0 Å². The highest BCUT2D eigenvalue weighted by Crippen LogP contribution is 2.15. The Balaban J connectivity index is 2.23. The molecule has 0 heterocycles. The Labute approximate surface area is 115 Å². The minimum atomic E-state index is -0.223. The molecule has 108 valence electrons. The summed E-state index contributed by atoms with van der Waals surface area (Å²) in [7, 11) is 1.54. The fourth-order valence-corrected chi connectivity index (χ4v) is 1.70. The van der Waals surface area contributed by atoms with Gasteiger partial charge >= 0.3 is 0 Å². The van der Waals surface area contributed by atoms with Gasteiger partial charge in [0.1, 0.15) is 11.6 Å². The zero-order chi connectivity index (χ0) is 14.3. The Hall–Kier alpha value is -1.13. The molecule has 0 bridgehead atoms. The lowest BCUT2D eigenvalue weighted by atomic mass is 10.1. The lowest BCUT2D eigenvalue weighted by molar-refractivity contribution is 0.410. The molecule has 0 aromatic heterocycles. The SMILES string of the molecule is COc1ccc(CNCCCNC(C)(C)C)c(F)c1. The van der Waals surface area contributed by atoms with E-state index >= 15 is 0 Å². The molecule has 0 aliphatic heterocycles. The van der Waals surface area contributed by atoms with Crippen molar-refractivity contribution in [2.24, 2.45) is 0 Å². The number of rotatable bonds is 7. The molecule has 0 aliphatic rings. The molecule has 1 aromatic rings. The number of hydrogen-bond donors (Lipinski definition) is 2. The van der Waals surface area contributed by atoms with Crippen LogP contribution in [0.5, 0.6) is 5.75 Å². The summed E-state index contributed by atoms with van der Waals surface area (Å²) in [5.41, 5.74) is 0.826. The monoisotopic (exact) mass is 268 g/mol. The van der Waals surface area contributed by atoms with Crippen LogP contribution < -0.4 is 15.4 Å². The number of hydrogen-bond acceptors (Lipinski definition) is 3. The first-order chi connectivity index (χ1) is 8.92. The van der Waals surface area contributed by atoms with E-state index in [9.17, 15) is 4.39 Å². The fourth-order valence-electron chi connectivity index (χ4n) is 1.70. The van der Waals surface area contributed by atoms with Crippen molar-refractivity contribution in [3.63, 3.8) is 0 Å². The topological polar surface area (TPSA) is 33.3 Å². The van der Waals surface area contributed by atoms with E-state index in [0.717, 1.165) is 19.5 Å². The Morgan fingerprint density at radius 1 is 1.21 bits per heavy atom. The van der Waals surface area contributed by atoms with E-state index in [4.69, 9.17) is 4.74 Å². The van der Waals surface area contributed by atoms with Gasteiger partial charge in [0.15, 0.2) is 0 Å². The maximum absolute atomic E-state index is 13.6. The Morgan fingerprint density at radius 3 is 2.53 bits per heavy atom. The van der Waals surface area contributed by atoms with E-state index in [2.05, 4.69) is 31.4 Å². The fraction of sp³-hybridized carbons (Fsp3) is 0.600. The van der Waals surface area contributed by atoms with Crippen LogP contribution in [0, 0.1) is 5.82 Å². The Morgan fingerprint density at radius 2 is 1.95 bits per heavy atom. The lowest BCUT2D eigenvalue weighted by Gasteiger charge is -2.20. The summed E-state index contributed by atoms with van der Waals surface area (Å²) < 4.78 is 18.6. The standard InChI is InChI=1S/C15H25FN2O/c1-15(2,3)18-9-5-8-17-11-12-6-7-13(19-4)10-14(12)16/h6-7,10,17-18H,5,8-9,11H2,1-4H3. The van der Waals surface area contributed by atoms with Gasteiger partial charge in [-0.25, -0.2) is 4.39 Å². The van der Waals surface area contributed by atoms with Crippen LogP contribution in [0.25, 0.3) is 0 Å². The average molecular weight is 268 g/mol. The van der Waals surface area contributed by atoms with E-state index in [-0.39, 0.29) is 11.4 Å². The molecule has 0 atom stereocenters. The molecule has 0 saturated carbocycles. The van der Waals surface area contributed by atoms with Gasteiger partial charge in [0.2, 0.25) is 0 Å². The van der Waals surface area contributed by atoms with Crippen molar-refractivity contribution in [2.45, 2.75) is 39.3 Å². The molecule has 0 radical (unpaired) electrons. The predicted octanol–water partition coefficient (Wildman–Crippen LogP) is 2.70. The van der Waals surface area contributed by atoms with Crippen LogP contribution in [0.2, 0.25) is 0 Å². The van der Waals surface area contributed by atoms with Crippen LogP contribution in [0.3, 0.4) is 0 Å². The van der Waals surface area contributed by atoms with Gasteiger partial charge in [0.05, 0.1) is 7.11 Å².